The third kappa shape index (κ3) is 4.74. The number of fused-ring (bicyclic) bond motifs is 2. The fourth-order valence-corrected chi connectivity index (χ4v) is 4.98. The van der Waals surface area contributed by atoms with Crippen LogP contribution in [0.25, 0.3) is 0 Å². The number of esters is 6. The molecule has 0 saturated heterocycles. The van der Waals surface area contributed by atoms with Gasteiger partial charge in [-0.2, -0.15) is 0 Å². The largest absolute Gasteiger partial charge is 0.423 e. The van der Waals surface area contributed by atoms with Crippen LogP contribution in [0.1, 0.15) is 87.1 Å². The van der Waals surface area contributed by atoms with Crippen molar-refractivity contribution < 1.29 is 47.7 Å². The summed E-state index contributed by atoms with van der Waals surface area (Å²) in [6, 6.07) is 22.2. The van der Waals surface area contributed by atoms with Crippen molar-refractivity contribution in [2.24, 2.45) is 0 Å². The Bertz CT molecular complexity index is 1750. The van der Waals surface area contributed by atoms with Gasteiger partial charge in [-0.05, 0) is 59.7 Å². The third-order valence-corrected chi connectivity index (χ3v) is 7.36. The second kappa shape index (κ2) is 10.2. The van der Waals surface area contributed by atoms with Crippen LogP contribution in [0.4, 0.5) is 0 Å². The molecule has 10 nitrogen and oxygen atoms in total. The molecule has 10 heteroatoms. The van der Waals surface area contributed by atoms with Crippen molar-refractivity contribution in [3.05, 3.63) is 129 Å². The maximum atomic E-state index is 12.8. The normalized spacial score (nSPS) is 13.6. The van der Waals surface area contributed by atoms with E-state index in [9.17, 15) is 28.8 Å². The predicted octanol–water partition coefficient (Wildman–Crippen LogP) is 5.07. The molecule has 2 heterocycles. The molecule has 0 bridgehead atoms. The maximum Gasteiger partial charge on any atom is 0.347 e. The SMILES string of the molecule is CC(C)(c1ccc(OC(=O)c2cccc3c2C(=O)OC3=O)cc1)c1ccc(OC(=O)c2cccc3c2C(=O)OC3=O)cc1. The van der Waals surface area contributed by atoms with Crippen molar-refractivity contribution in [3.63, 3.8) is 0 Å². The zero-order chi connectivity index (χ0) is 30.5. The summed E-state index contributed by atoms with van der Waals surface area (Å²) in [4.78, 5) is 73.3. The third-order valence-electron chi connectivity index (χ3n) is 7.36. The number of hydrogen-bond acceptors (Lipinski definition) is 10. The van der Waals surface area contributed by atoms with E-state index in [2.05, 4.69) is 9.47 Å². The van der Waals surface area contributed by atoms with Crippen LogP contribution < -0.4 is 9.47 Å². The molecule has 0 unspecified atom stereocenters. The minimum Gasteiger partial charge on any atom is -0.423 e. The first-order valence-corrected chi connectivity index (χ1v) is 13.0. The highest BCUT2D eigenvalue weighted by molar-refractivity contribution is 6.20. The molecular weight excluding hydrogens is 556 g/mol. The highest BCUT2D eigenvalue weighted by atomic mass is 16.6. The van der Waals surface area contributed by atoms with Crippen molar-refractivity contribution in [2.45, 2.75) is 19.3 Å². The van der Waals surface area contributed by atoms with Crippen molar-refractivity contribution in [2.75, 3.05) is 0 Å². The van der Waals surface area contributed by atoms with E-state index in [1.54, 1.807) is 48.5 Å². The van der Waals surface area contributed by atoms with Crippen LogP contribution in [-0.2, 0) is 14.9 Å². The fraction of sp³-hybridized carbons (Fsp3) is 0.0909. The Kier molecular flexibility index (Phi) is 6.46. The van der Waals surface area contributed by atoms with Gasteiger partial charge in [0.2, 0.25) is 0 Å². The van der Waals surface area contributed by atoms with Crippen LogP contribution in [0.3, 0.4) is 0 Å². The summed E-state index contributed by atoms with van der Waals surface area (Å²) in [6.45, 7) is 3.97. The molecule has 0 fully saturated rings. The van der Waals surface area contributed by atoms with Gasteiger partial charge in [0.15, 0.2) is 0 Å². The number of carbonyl (C=O) groups excluding carboxylic acids is 6. The molecule has 2 aliphatic heterocycles. The Morgan fingerprint density at radius 1 is 0.535 bits per heavy atom. The van der Waals surface area contributed by atoms with Gasteiger partial charge in [0.25, 0.3) is 0 Å². The minimum absolute atomic E-state index is 0.0158. The fourth-order valence-electron chi connectivity index (χ4n) is 4.98. The molecule has 43 heavy (non-hydrogen) atoms. The van der Waals surface area contributed by atoms with Gasteiger partial charge in [0.1, 0.15) is 11.5 Å². The topological polar surface area (TPSA) is 139 Å². The Morgan fingerprint density at radius 3 is 1.28 bits per heavy atom. The van der Waals surface area contributed by atoms with Gasteiger partial charge >= 0.3 is 35.8 Å². The molecule has 0 aliphatic carbocycles. The molecule has 2 aliphatic rings. The molecule has 4 aromatic carbocycles. The van der Waals surface area contributed by atoms with Crippen LogP contribution in [0, 0.1) is 0 Å². The number of ether oxygens (including phenoxy) is 4. The van der Waals surface area contributed by atoms with Gasteiger partial charge in [-0.15, -0.1) is 0 Å². The molecule has 0 radical (unpaired) electrons. The van der Waals surface area contributed by atoms with Gasteiger partial charge in [-0.3, -0.25) is 0 Å². The zero-order valence-electron chi connectivity index (χ0n) is 22.7. The molecule has 212 valence electrons. The van der Waals surface area contributed by atoms with Gasteiger partial charge in [-0.1, -0.05) is 50.2 Å². The lowest BCUT2D eigenvalue weighted by Gasteiger charge is -2.26. The number of rotatable bonds is 6. The highest BCUT2D eigenvalue weighted by Gasteiger charge is 2.36. The second-order valence-electron chi connectivity index (χ2n) is 10.3. The summed E-state index contributed by atoms with van der Waals surface area (Å²) >= 11 is 0. The van der Waals surface area contributed by atoms with E-state index in [1.807, 2.05) is 13.8 Å². The van der Waals surface area contributed by atoms with Gasteiger partial charge in [-0.25, -0.2) is 28.8 Å². The molecular formula is C33H20O10. The zero-order valence-corrected chi connectivity index (χ0v) is 22.7. The molecule has 0 spiro atoms. The first-order chi connectivity index (χ1) is 20.5. The number of cyclic esters (lactones) is 4. The van der Waals surface area contributed by atoms with Crippen LogP contribution in [0.15, 0.2) is 84.9 Å². The average molecular weight is 577 g/mol. The average Bonchev–Trinajstić information content (AvgIpc) is 3.46. The number of carbonyl (C=O) groups is 6. The molecule has 0 aromatic heterocycles. The molecule has 0 atom stereocenters. The van der Waals surface area contributed by atoms with Crippen LogP contribution in [0.5, 0.6) is 11.5 Å². The lowest BCUT2D eigenvalue weighted by atomic mass is 9.78. The summed E-state index contributed by atoms with van der Waals surface area (Å²) in [7, 11) is 0. The quantitative estimate of drug-likeness (QED) is 0.174. The van der Waals surface area contributed by atoms with Crippen molar-refractivity contribution in [1.29, 1.82) is 0 Å². The Hall–Kier alpha value is -5.90. The van der Waals surface area contributed by atoms with E-state index < -0.39 is 41.2 Å². The first-order valence-electron chi connectivity index (χ1n) is 13.0. The maximum absolute atomic E-state index is 12.8. The lowest BCUT2D eigenvalue weighted by Crippen LogP contribution is -2.19. The molecule has 6 rings (SSSR count). The van der Waals surface area contributed by atoms with Crippen LogP contribution >= 0.6 is 0 Å². The highest BCUT2D eigenvalue weighted by Crippen LogP contribution is 2.34. The second-order valence-corrected chi connectivity index (χ2v) is 10.3. The van der Waals surface area contributed by atoms with E-state index in [0.717, 1.165) is 11.1 Å². The van der Waals surface area contributed by atoms with Crippen molar-refractivity contribution in [1.82, 2.24) is 0 Å². The molecule has 0 amide bonds. The van der Waals surface area contributed by atoms with E-state index in [1.165, 1.54) is 36.4 Å². The van der Waals surface area contributed by atoms with Crippen LogP contribution in [0.2, 0.25) is 0 Å². The summed E-state index contributed by atoms with van der Waals surface area (Å²) in [5.74, 6) is -4.54. The van der Waals surface area contributed by atoms with E-state index in [4.69, 9.17) is 9.47 Å². The van der Waals surface area contributed by atoms with Crippen molar-refractivity contribution in [3.8, 4) is 11.5 Å². The Morgan fingerprint density at radius 2 is 0.907 bits per heavy atom. The molecule has 4 aromatic rings. The van der Waals surface area contributed by atoms with E-state index >= 15 is 0 Å². The van der Waals surface area contributed by atoms with E-state index in [0.29, 0.717) is 0 Å². The van der Waals surface area contributed by atoms with Crippen LogP contribution in [-0.4, -0.2) is 35.8 Å². The van der Waals surface area contributed by atoms with E-state index in [-0.39, 0.29) is 44.9 Å². The smallest absolute Gasteiger partial charge is 0.347 e. The van der Waals surface area contributed by atoms with Gasteiger partial charge in [0.05, 0.1) is 33.4 Å². The summed E-state index contributed by atoms with van der Waals surface area (Å²) < 4.78 is 20.1. The number of benzene rings is 4. The summed E-state index contributed by atoms with van der Waals surface area (Å²) in [5, 5.41) is 0. The van der Waals surface area contributed by atoms with Crippen molar-refractivity contribution >= 4 is 35.8 Å². The minimum atomic E-state index is -0.893. The number of hydrogen-bond donors (Lipinski definition) is 0. The molecule has 0 saturated carbocycles. The predicted molar refractivity (Wildman–Crippen MR) is 147 cm³/mol. The van der Waals surface area contributed by atoms with Gasteiger partial charge < -0.3 is 18.9 Å². The standard InChI is InChI=1S/C33H20O10/c1-33(2,17-9-13-19(14-10-17)40-27(34)21-5-3-7-23-25(21)31(38)42-29(23)36)18-11-15-20(16-12-18)41-28(35)22-6-4-8-24-26(22)32(39)43-30(24)37/h3-16H,1-2H3. The summed E-state index contributed by atoms with van der Waals surface area (Å²) in [6.07, 6.45) is 0. The Balaban J connectivity index is 1.15. The first kappa shape index (κ1) is 27.3. The monoisotopic (exact) mass is 576 g/mol. The van der Waals surface area contributed by atoms with Gasteiger partial charge in [0, 0.05) is 5.41 Å². The summed E-state index contributed by atoms with van der Waals surface area (Å²) in [5.41, 5.74) is 0.922. The Labute approximate surface area is 243 Å². The molecule has 0 N–H and O–H groups in total. The lowest BCUT2D eigenvalue weighted by molar-refractivity contribution is 0.0424.